The molecule has 0 atom stereocenters. The molecule has 0 saturated heterocycles. The molecule has 0 aliphatic heterocycles. The van der Waals surface area contributed by atoms with Gasteiger partial charge in [0.1, 0.15) is 0 Å². The van der Waals surface area contributed by atoms with Gasteiger partial charge in [0.05, 0.1) is 0 Å². The van der Waals surface area contributed by atoms with Crippen LogP contribution >= 0.6 is 0 Å². The van der Waals surface area contributed by atoms with Gasteiger partial charge in [0.15, 0.2) is 0 Å². The van der Waals surface area contributed by atoms with Gasteiger partial charge in [-0.05, 0) is 0 Å². The summed E-state index contributed by atoms with van der Waals surface area (Å²) in [4.78, 5) is 0. The summed E-state index contributed by atoms with van der Waals surface area (Å²) in [5.41, 5.74) is 0. The SMILES string of the molecule is [Cl-].[Cl-].[Na+].[Na+].[Na+]. The first-order valence-electron chi connectivity index (χ1n) is 0. The van der Waals surface area contributed by atoms with Crippen LogP contribution in [0.2, 0.25) is 0 Å². The molecule has 0 aliphatic carbocycles. The largest absolute Gasteiger partial charge is 1.00 e. The van der Waals surface area contributed by atoms with E-state index in [4.69, 9.17) is 0 Å². The molecular formula is Cl2Na3+. The molecule has 0 N–H and O–H groups in total. The van der Waals surface area contributed by atoms with Crippen LogP contribution in [0, 0.1) is 0 Å². The number of halogens is 2. The quantitative estimate of drug-likeness (QED) is 0.293. The van der Waals surface area contributed by atoms with Crippen LogP contribution in [0.3, 0.4) is 0 Å². The molecule has 5 heteroatoms. The van der Waals surface area contributed by atoms with Crippen LogP contribution < -0.4 is 113 Å². The number of hydrogen-bond donors (Lipinski definition) is 0. The maximum atomic E-state index is 0. The second-order valence-electron chi connectivity index (χ2n) is 0. The van der Waals surface area contributed by atoms with Crippen molar-refractivity contribution in [3.05, 3.63) is 0 Å². The molecule has 16 valence electrons. The second-order valence-corrected chi connectivity index (χ2v) is 0. The predicted molar refractivity (Wildman–Crippen MR) is 0 cm³/mol. The van der Waals surface area contributed by atoms with Crippen LogP contribution in [0.15, 0.2) is 0 Å². The standard InChI is InChI=1S/2ClH.3Na/h2*1H;;;/q;;3*+1/p-2. The van der Waals surface area contributed by atoms with Crippen LogP contribution in [-0.4, -0.2) is 0 Å². The molecule has 0 unspecified atom stereocenters. The summed E-state index contributed by atoms with van der Waals surface area (Å²) in [6.07, 6.45) is 0. The van der Waals surface area contributed by atoms with Gasteiger partial charge in [0, 0.05) is 0 Å². The van der Waals surface area contributed by atoms with Crippen molar-refractivity contribution < 1.29 is 113 Å². The van der Waals surface area contributed by atoms with E-state index in [2.05, 4.69) is 0 Å². The van der Waals surface area contributed by atoms with Gasteiger partial charge >= 0.3 is 88.7 Å². The summed E-state index contributed by atoms with van der Waals surface area (Å²) >= 11 is 0. The topological polar surface area (TPSA) is 0 Å². The fourth-order valence-electron chi connectivity index (χ4n) is 0. The van der Waals surface area contributed by atoms with E-state index >= 15 is 0 Å². The van der Waals surface area contributed by atoms with E-state index < -0.39 is 0 Å². The first-order valence-corrected chi connectivity index (χ1v) is 0. The molecule has 5 heavy (non-hydrogen) atoms. The van der Waals surface area contributed by atoms with E-state index in [-0.39, 0.29) is 113 Å². The van der Waals surface area contributed by atoms with Crippen molar-refractivity contribution in [1.29, 1.82) is 0 Å². The van der Waals surface area contributed by atoms with Crippen molar-refractivity contribution in [3.63, 3.8) is 0 Å². The van der Waals surface area contributed by atoms with Gasteiger partial charge in [-0.15, -0.1) is 0 Å². The molecule has 0 aromatic heterocycles. The molecule has 0 bridgehead atoms. The Balaban J connectivity index is 0. The van der Waals surface area contributed by atoms with Crippen LogP contribution in [0.5, 0.6) is 0 Å². The van der Waals surface area contributed by atoms with Crippen molar-refractivity contribution in [2.24, 2.45) is 0 Å². The molecule has 0 aromatic rings. The third-order valence-electron chi connectivity index (χ3n) is 0. The van der Waals surface area contributed by atoms with Crippen LogP contribution in [0.1, 0.15) is 0 Å². The number of hydrogen-bond acceptors (Lipinski definition) is 0. The Morgan fingerprint density at radius 2 is 0.400 bits per heavy atom. The van der Waals surface area contributed by atoms with E-state index in [1.807, 2.05) is 0 Å². The van der Waals surface area contributed by atoms with E-state index in [0.717, 1.165) is 0 Å². The van der Waals surface area contributed by atoms with Crippen LogP contribution in [-0.2, 0) is 0 Å². The molecule has 0 radical (unpaired) electrons. The summed E-state index contributed by atoms with van der Waals surface area (Å²) in [5.74, 6) is 0. The molecule has 0 nitrogen and oxygen atoms in total. The Bertz CT molecular complexity index is 4.85. The number of rotatable bonds is 0. The normalized spacial score (nSPS) is 0. The summed E-state index contributed by atoms with van der Waals surface area (Å²) in [5, 5.41) is 0. The van der Waals surface area contributed by atoms with Gasteiger partial charge in [-0.1, -0.05) is 0 Å². The first kappa shape index (κ1) is 38.5. The fourth-order valence-corrected chi connectivity index (χ4v) is 0. The van der Waals surface area contributed by atoms with Gasteiger partial charge < -0.3 is 24.8 Å². The maximum Gasteiger partial charge on any atom is 1.00 e. The molecule has 0 amide bonds. The first-order chi connectivity index (χ1) is 0. The molecule has 0 aromatic carbocycles. The Morgan fingerprint density at radius 1 is 0.400 bits per heavy atom. The van der Waals surface area contributed by atoms with Crippen molar-refractivity contribution in [2.75, 3.05) is 0 Å². The third-order valence-corrected chi connectivity index (χ3v) is 0. The van der Waals surface area contributed by atoms with E-state index in [1.54, 1.807) is 0 Å². The minimum Gasteiger partial charge on any atom is -1.00 e. The van der Waals surface area contributed by atoms with Gasteiger partial charge in [0.25, 0.3) is 0 Å². The van der Waals surface area contributed by atoms with Crippen molar-refractivity contribution in [1.82, 2.24) is 0 Å². The molecule has 0 saturated carbocycles. The zero-order chi connectivity index (χ0) is 0. The summed E-state index contributed by atoms with van der Waals surface area (Å²) in [6.45, 7) is 0. The van der Waals surface area contributed by atoms with Crippen LogP contribution in [0.25, 0.3) is 0 Å². The zero-order valence-corrected chi connectivity index (χ0v) is 11.3. The Kier molecular flexibility index (Phi) is 197. The minimum absolute atomic E-state index is 0. The molecule has 0 spiro atoms. The Morgan fingerprint density at radius 3 is 0.400 bits per heavy atom. The molecule has 0 aliphatic rings. The molecule has 0 fully saturated rings. The van der Waals surface area contributed by atoms with E-state index in [1.165, 1.54) is 0 Å². The predicted octanol–water partition coefficient (Wildman–Crippen LogP) is -15.0. The van der Waals surface area contributed by atoms with Crippen LogP contribution in [0.4, 0.5) is 0 Å². The average molecular weight is 140 g/mol. The average Bonchev–Trinajstić information content (AvgIpc) is 0. The van der Waals surface area contributed by atoms with E-state index in [9.17, 15) is 0 Å². The third kappa shape index (κ3) is 18.4. The van der Waals surface area contributed by atoms with Gasteiger partial charge in [-0.25, -0.2) is 0 Å². The fraction of sp³-hybridized carbons (Fsp3) is 0. The Labute approximate surface area is 111 Å². The van der Waals surface area contributed by atoms with Crippen molar-refractivity contribution in [2.45, 2.75) is 0 Å². The van der Waals surface area contributed by atoms with Crippen molar-refractivity contribution in [3.8, 4) is 0 Å². The summed E-state index contributed by atoms with van der Waals surface area (Å²) in [7, 11) is 0. The minimum atomic E-state index is 0. The van der Waals surface area contributed by atoms with Gasteiger partial charge in [0.2, 0.25) is 0 Å². The Hall–Kier alpha value is 3.58. The van der Waals surface area contributed by atoms with Crippen molar-refractivity contribution >= 4 is 0 Å². The molecule has 0 heterocycles. The second kappa shape index (κ2) is 25.6. The molecule has 0 rings (SSSR count). The molecular weight excluding hydrogens is 140 g/mol. The van der Waals surface area contributed by atoms with E-state index in [0.29, 0.717) is 0 Å². The maximum absolute atomic E-state index is 0. The summed E-state index contributed by atoms with van der Waals surface area (Å²) in [6, 6.07) is 0. The van der Waals surface area contributed by atoms with Gasteiger partial charge in [-0.2, -0.15) is 0 Å². The van der Waals surface area contributed by atoms with Gasteiger partial charge in [-0.3, -0.25) is 0 Å². The monoisotopic (exact) mass is 139 g/mol. The smallest absolute Gasteiger partial charge is 1.00 e. The summed E-state index contributed by atoms with van der Waals surface area (Å²) < 4.78 is 0. The zero-order valence-electron chi connectivity index (χ0n) is 3.76.